The van der Waals surface area contributed by atoms with E-state index in [9.17, 15) is 9.59 Å². The maximum Gasteiger partial charge on any atom is 0.325 e. The molecule has 0 spiro atoms. The normalized spacial score (nSPS) is 9.96. The number of imide groups is 1. The number of hydrogen-bond donors (Lipinski definition) is 3. The maximum absolute atomic E-state index is 11.9. The van der Waals surface area contributed by atoms with Crippen LogP contribution in [0.1, 0.15) is 11.1 Å². The second-order valence-electron chi connectivity index (χ2n) is 5.36. The van der Waals surface area contributed by atoms with Crippen LogP contribution in [0.15, 0.2) is 42.5 Å². The molecule has 0 aromatic heterocycles. The zero-order chi connectivity index (χ0) is 17.5. The molecule has 0 saturated carbocycles. The summed E-state index contributed by atoms with van der Waals surface area (Å²) in [6, 6.07) is 12.2. The fourth-order valence-electron chi connectivity index (χ4n) is 2.12. The first-order valence-corrected chi connectivity index (χ1v) is 7.54. The Labute approximate surface area is 141 Å². The van der Waals surface area contributed by atoms with Gasteiger partial charge in [-0.1, -0.05) is 18.2 Å². The first-order chi connectivity index (χ1) is 11.5. The quantitative estimate of drug-likeness (QED) is 0.788. The van der Waals surface area contributed by atoms with E-state index in [1.54, 1.807) is 25.3 Å². The summed E-state index contributed by atoms with van der Waals surface area (Å²) in [6.45, 7) is 3.91. The lowest BCUT2D eigenvalue weighted by Gasteiger charge is -2.11. The van der Waals surface area contributed by atoms with Crippen molar-refractivity contribution in [2.75, 3.05) is 24.3 Å². The largest absolute Gasteiger partial charge is 0.495 e. The van der Waals surface area contributed by atoms with Crippen LogP contribution in [0.4, 0.5) is 16.2 Å². The van der Waals surface area contributed by atoms with Crippen LogP contribution in [0.5, 0.6) is 5.75 Å². The molecular formula is C18H21N3O3. The van der Waals surface area contributed by atoms with Gasteiger partial charge in [0.2, 0.25) is 5.91 Å². The fraction of sp³-hybridized carbons (Fsp3) is 0.222. The number of amides is 3. The van der Waals surface area contributed by atoms with Gasteiger partial charge in [-0.15, -0.1) is 0 Å². The van der Waals surface area contributed by atoms with Crippen LogP contribution in [0.3, 0.4) is 0 Å². The van der Waals surface area contributed by atoms with Crippen molar-refractivity contribution < 1.29 is 14.3 Å². The van der Waals surface area contributed by atoms with Gasteiger partial charge in [-0.2, -0.15) is 0 Å². The van der Waals surface area contributed by atoms with E-state index >= 15 is 0 Å². The Bertz CT molecular complexity index is 744. The van der Waals surface area contributed by atoms with Crippen molar-refractivity contribution in [3.05, 3.63) is 53.6 Å². The molecule has 2 rings (SSSR count). The highest BCUT2D eigenvalue weighted by Gasteiger charge is 2.09. The first-order valence-electron chi connectivity index (χ1n) is 7.54. The van der Waals surface area contributed by atoms with Crippen molar-refractivity contribution >= 4 is 23.3 Å². The van der Waals surface area contributed by atoms with Crippen molar-refractivity contribution in [3.8, 4) is 5.75 Å². The van der Waals surface area contributed by atoms with Gasteiger partial charge in [0.1, 0.15) is 5.75 Å². The third-order valence-electron chi connectivity index (χ3n) is 3.56. The third-order valence-corrected chi connectivity index (χ3v) is 3.56. The van der Waals surface area contributed by atoms with Crippen LogP contribution >= 0.6 is 0 Å². The zero-order valence-electron chi connectivity index (χ0n) is 14.0. The molecule has 0 atom stereocenters. The molecule has 0 fully saturated rings. The number of ether oxygens (including phenoxy) is 1. The van der Waals surface area contributed by atoms with Crippen LogP contribution in [-0.2, 0) is 4.79 Å². The Morgan fingerprint density at radius 1 is 1.04 bits per heavy atom. The number of methoxy groups -OCH3 is 1. The second-order valence-corrected chi connectivity index (χ2v) is 5.36. The van der Waals surface area contributed by atoms with Gasteiger partial charge in [-0.25, -0.2) is 4.79 Å². The van der Waals surface area contributed by atoms with Crippen LogP contribution in [0.25, 0.3) is 0 Å². The highest BCUT2D eigenvalue weighted by atomic mass is 16.5. The summed E-state index contributed by atoms with van der Waals surface area (Å²) < 4.78 is 5.19. The van der Waals surface area contributed by atoms with Gasteiger partial charge in [-0.05, 0) is 49.2 Å². The number of urea groups is 1. The summed E-state index contributed by atoms with van der Waals surface area (Å²) in [5, 5.41) is 7.85. The number of hydrogen-bond acceptors (Lipinski definition) is 4. The third kappa shape index (κ3) is 4.74. The van der Waals surface area contributed by atoms with Crippen molar-refractivity contribution in [1.82, 2.24) is 5.32 Å². The predicted octanol–water partition coefficient (Wildman–Crippen LogP) is 3.07. The number of benzene rings is 2. The summed E-state index contributed by atoms with van der Waals surface area (Å²) in [4.78, 5) is 23.7. The van der Waals surface area contributed by atoms with Crippen molar-refractivity contribution in [2.24, 2.45) is 0 Å². The number of aryl methyl sites for hydroxylation is 2. The first kappa shape index (κ1) is 17.3. The van der Waals surface area contributed by atoms with Gasteiger partial charge in [0.15, 0.2) is 0 Å². The molecule has 0 heterocycles. The molecule has 3 amide bonds. The van der Waals surface area contributed by atoms with Gasteiger partial charge < -0.3 is 15.4 Å². The summed E-state index contributed by atoms with van der Waals surface area (Å²) >= 11 is 0. The Balaban J connectivity index is 1.85. The van der Waals surface area contributed by atoms with Gasteiger partial charge in [0, 0.05) is 5.69 Å². The van der Waals surface area contributed by atoms with E-state index in [2.05, 4.69) is 16.0 Å². The van der Waals surface area contributed by atoms with Gasteiger partial charge in [0.05, 0.1) is 19.3 Å². The van der Waals surface area contributed by atoms with Crippen molar-refractivity contribution in [3.63, 3.8) is 0 Å². The second kappa shape index (κ2) is 8.01. The summed E-state index contributed by atoms with van der Waals surface area (Å²) in [7, 11) is 1.55. The SMILES string of the molecule is COc1ccccc1NCC(=O)NC(=O)Nc1ccc(C)c(C)c1. The van der Waals surface area contributed by atoms with Crippen LogP contribution < -0.4 is 20.7 Å². The molecular weight excluding hydrogens is 306 g/mol. The van der Waals surface area contributed by atoms with E-state index in [-0.39, 0.29) is 6.54 Å². The lowest BCUT2D eigenvalue weighted by molar-refractivity contribution is -0.118. The maximum atomic E-state index is 11.9. The molecule has 0 saturated heterocycles. The highest BCUT2D eigenvalue weighted by molar-refractivity contribution is 6.02. The molecule has 0 aliphatic rings. The fourth-order valence-corrected chi connectivity index (χ4v) is 2.12. The Morgan fingerprint density at radius 2 is 1.79 bits per heavy atom. The van der Waals surface area contributed by atoms with E-state index < -0.39 is 11.9 Å². The number of carbonyl (C=O) groups is 2. The molecule has 3 N–H and O–H groups in total. The molecule has 2 aromatic carbocycles. The van der Waals surface area contributed by atoms with Crippen molar-refractivity contribution in [2.45, 2.75) is 13.8 Å². The Hall–Kier alpha value is -3.02. The van der Waals surface area contributed by atoms with Crippen LogP contribution in [0, 0.1) is 13.8 Å². The van der Waals surface area contributed by atoms with E-state index in [1.807, 2.05) is 38.1 Å². The summed E-state index contributed by atoms with van der Waals surface area (Å²) in [5.74, 6) is 0.187. The molecule has 0 bridgehead atoms. The average molecular weight is 327 g/mol. The Morgan fingerprint density at radius 3 is 2.50 bits per heavy atom. The Kier molecular flexibility index (Phi) is 5.78. The zero-order valence-corrected chi connectivity index (χ0v) is 14.0. The molecule has 0 unspecified atom stereocenters. The number of nitrogens with one attached hydrogen (secondary N) is 3. The molecule has 2 aromatic rings. The lowest BCUT2D eigenvalue weighted by atomic mass is 10.1. The van der Waals surface area contributed by atoms with Crippen molar-refractivity contribution in [1.29, 1.82) is 0 Å². The minimum absolute atomic E-state index is 0.0410. The standard InChI is InChI=1S/C18H21N3O3/c1-12-8-9-14(10-13(12)2)20-18(23)21-17(22)11-19-15-6-4-5-7-16(15)24-3/h4-10,19H,11H2,1-3H3,(H2,20,21,22,23). The van der Waals surface area contributed by atoms with Gasteiger partial charge >= 0.3 is 6.03 Å². The monoisotopic (exact) mass is 327 g/mol. The molecule has 6 heteroatoms. The topological polar surface area (TPSA) is 79.5 Å². The molecule has 24 heavy (non-hydrogen) atoms. The smallest absolute Gasteiger partial charge is 0.325 e. The minimum Gasteiger partial charge on any atom is -0.495 e. The van der Waals surface area contributed by atoms with Gasteiger partial charge in [-0.3, -0.25) is 10.1 Å². The molecule has 0 aliphatic heterocycles. The predicted molar refractivity (Wildman–Crippen MR) is 94.6 cm³/mol. The van der Waals surface area contributed by atoms with Crippen LogP contribution in [-0.4, -0.2) is 25.6 Å². The number of carbonyl (C=O) groups excluding carboxylic acids is 2. The van der Waals surface area contributed by atoms with E-state index in [1.165, 1.54) is 0 Å². The molecule has 6 nitrogen and oxygen atoms in total. The van der Waals surface area contributed by atoms with E-state index in [4.69, 9.17) is 4.74 Å². The number of rotatable bonds is 5. The highest BCUT2D eigenvalue weighted by Crippen LogP contribution is 2.22. The minimum atomic E-state index is -0.565. The number of anilines is 2. The molecule has 0 aliphatic carbocycles. The summed E-state index contributed by atoms with van der Waals surface area (Å²) in [6.07, 6.45) is 0. The molecule has 0 radical (unpaired) electrons. The summed E-state index contributed by atoms with van der Waals surface area (Å²) in [5.41, 5.74) is 3.53. The average Bonchev–Trinajstić information content (AvgIpc) is 2.56. The van der Waals surface area contributed by atoms with Crippen LogP contribution in [0.2, 0.25) is 0 Å². The lowest BCUT2D eigenvalue weighted by Crippen LogP contribution is -2.38. The van der Waals surface area contributed by atoms with E-state index in [0.717, 1.165) is 11.1 Å². The van der Waals surface area contributed by atoms with E-state index in [0.29, 0.717) is 17.1 Å². The van der Waals surface area contributed by atoms with Gasteiger partial charge in [0.25, 0.3) is 0 Å². The molecule has 126 valence electrons. The number of para-hydroxylation sites is 2.